The lowest BCUT2D eigenvalue weighted by Crippen LogP contribution is -2.20. The van der Waals surface area contributed by atoms with Crippen molar-refractivity contribution in [3.63, 3.8) is 0 Å². The number of benzene rings is 1. The van der Waals surface area contributed by atoms with Crippen molar-refractivity contribution in [1.29, 1.82) is 0 Å². The molecule has 0 fully saturated rings. The van der Waals surface area contributed by atoms with Gasteiger partial charge in [0.25, 0.3) is 0 Å². The zero-order valence-electron chi connectivity index (χ0n) is 14.6. The molecule has 1 aromatic rings. The Labute approximate surface area is 146 Å². The van der Waals surface area contributed by atoms with E-state index in [2.05, 4.69) is 36.7 Å². The first-order valence-corrected chi connectivity index (χ1v) is 8.33. The lowest BCUT2D eigenvalue weighted by atomic mass is 9.81. The fraction of sp³-hybridized carbons (Fsp3) is 0.556. The largest absolute Gasteiger partial charge is 0.478 e. The summed E-state index contributed by atoms with van der Waals surface area (Å²) < 4.78 is 0.713. The number of hydrogen-bond donors (Lipinski definition) is 2. The van der Waals surface area contributed by atoms with E-state index in [1.807, 2.05) is 20.8 Å². The number of rotatable bonds is 4. The van der Waals surface area contributed by atoms with Crippen LogP contribution < -0.4 is 0 Å². The van der Waals surface area contributed by atoms with Crippen LogP contribution in [0.3, 0.4) is 0 Å². The molecule has 1 rings (SSSR count). The van der Waals surface area contributed by atoms with E-state index in [4.69, 9.17) is 0 Å². The maximum Gasteiger partial charge on any atom is 0.336 e. The van der Waals surface area contributed by atoms with Crippen molar-refractivity contribution >= 4 is 27.9 Å². The van der Waals surface area contributed by atoms with Gasteiger partial charge in [0, 0.05) is 4.47 Å². The fourth-order valence-electron chi connectivity index (χ4n) is 2.59. The van der Waals surface area contributed by atoms with Gasteiger partial charge in [0.05, 0.1) is 11.1 Å². The Balaban J connectivity index is 3.72. The average molecular weight is 385 g/mol. The van der Waals surface area contributed by atoms with Crippen LogP contribution in [0.25, 0.3) is 0 Å². The van der Waals surface area contributed by atoms with Crippen molar-refractivity contribution in [2.75, 3.05) is 0 Å². The Morgan fingerprint density at radius 2 is 1.43 bits per heavy atom. The third-order valence-corrected chi connectivity index (χ3v) is 4.30. The molecular weight excluding hydrogens is 360 g/mol. The summed E-state index contributed by atoms with van der Waals surface area (Å²) >= 11 is 3.53. The molecule has 0 heterocycles. The smallest absolute Gasteiger partial charge is 0.336 e. The van der Waals surface area contributed by atoms with E-state index in [1.165, 1.54) is 6.07 Å². The Morgan fingerprint density at radius 1 is 0.957 bits per heavy atom. The Kier molecular flexibility index (Phi) is 5.68. The molecule has 1 aromatic carbocycles. The summed E-state index contributed by atoms with van der Waals surface area (Å²) in [5.74, 6) is -2.41. The van der Waals surface area contributed by atoms with E-state index < -0.39 is 11.9 Å². The standard InChI is InChI=1S/C18H25BrO4/c1-17(2,3)8-10-7-11(15(20)21)13(16(22)23)12(14(10)19)9-18(4,5)6/h7H,8-9H2,1-6H3,(H,20,21)(H,22,23). The summed E-state index contributed by atoms with van der Waals surface area (Å²) in [5.41, 5.74) is 0.935. The molecule has 0 bridgehead atoms. The van der Waals surface area contributed by atoms with Gasteiger partial charge in [-0.1, -0.05) is 57.5 Å². The van der Waals surface area contributed by atoms with Crippen LogP contribution in [-0.4, -0.2) is 22.2 Å². The molecule has 4 nitrogen and oxygen atoms in total. The summed E-state index contributed by atoms with van der Waals surface area (Å²) in [7, 11) is 0. The number of carbonyl (C=O) groups is 2. The predicted molar refractivity (Wildman–Crippen MR) is 94.4 cm³/mol. The summed E-state index contributed by atoms with van der Waals surface area (Å²) in [6, 6.07) is 1.49. The van der Waals surface area contributed by atoms with Gasteiger partial charge in [0.1, 0.15) is 0 Å². The number of hydrogen-bond acceptors (Lipinski definition) is 2. The van der Waals surface area contributed by atoms with E-state index in [-0.39, 0.29) is 22.0 Å². The highest BCUT2D eigenvalue weighted by molar-refractivity contribution is 9.10. The number of halogens is 1. The molecule has 0 aliphatic rings. The van der Waals surface area contributed by atoms with Crippen LogP contribution in [0.15, 0.2) is 10.5 Å². The van der Waals surface area contributed by atoms with Crippen molar-refractivity contribution < 1.29 is 19.8 Å². The third kappa shape index (κ3) is 5.34. The molecule has 0 saturated heterocycles. The highest BCUT2D eigenvalue weighted by atomic mass is 79.9. The third-order valence-electron chi connectivity index (χ3n) is 3.31. The minimum Gasteiger partial charge on any atom is -0.478 e. The second kappa shape index (κ2) is 6.63. The predicted octanol–water partition coefficient (Wildman–Crippen LogP) is 5.02. The van der Waals surface area contributed by atoms with Crippen molar-refractivity contribution in [3.8, 4) is 0 Å². The zero-order valence-corrected chi connectivity index (χ0v) is 16.2. The molecule has 0 aliphatic heterocycles. The summed E-state index contributed by atoms with van der Waals surface area (Å²) in [6.07, 6.45) is 1.14. The monoisotopic (exact) mass is 384 g/mol. The molecule has 23 heavy (non-hydrogen) atoms. The second-order valence-electron chi connectivity index (χ2n) is 8.34. The van der Waals surface area contributed by atoms with Gasteiger partial charge in [-0.15, -0.1) is 0 Å². The average Bonchev–Trinajstić information content (AvgIpc) is 2.29. The van der Waals surface area contributed by atoms with Crippen LogP contribution in [0.4, 0.5) is 0 Å². The van der Waals surface area contributed by atoms with Crippen LogP contribution in [0.2, 0.25) is 0 Å². The first-order chi connectivity index (χ1) is 10.2. The van der Waals surface area contributed by atoms with Crippen LogP contribution in [0.5, 0.6) is 0 Å². The maximum atomic E-state index is 11.7. The molecule has 128 valence electrons. The molecule has 0 spiro atoms. The molecular formula is C18H25BrO4. The SMILES string of the molecule is CC(C)(C)Cc1cc(C(=O)O)c(C(=O)O)c(CC(C)(C)C)c1Br. The molecule has 0 saturated carbocycles. The van der Waals surface area contributed by atoms with Gasteiger partial charge in [0.15, 0.2) is 0 Å². The van der Waals surface area contributed by atoms with E-state index in [0.29, 0.717) is 22.9 Å². The molecule has 0 unspecified atom stereocenters. The van der Waals surface area contributed by atoms with E-state index >= 15 is 0 Å². The van der Waals surface area contributed by atoms with Gasteiger partial charge in [-0.3, -0.25) is 0 Å². The van der Waals surface area contributed by atoms with Crippen LogP contribution >= 0.6 is 15.9 Å². The molecule has 5 heteroatoms. The first-order valence-electron chi connectivity index (χ1n) is 7.54. The molecule has 0 atom stereocenters. The van der Waals surface area contributed by atoms with Crippen LogP contribution in [-0.2, 0) is 12.8 Å². The van der Waals surface area contributed by atoms with E-state index in [0.717, 1.165) is 5.56 Å². The molecule has 0 aromatic heterocycles. The second-order valence-corrected chi connectivity index (χ2v) is 9.13. The Hall–Kier alpha value is -1.36. The summed E-state index contributed by atoms with van der Waals surface area (Å²) in [4.78, 5) is 23.3. The topological polar surface area (TPSA) is 74.6 Å². The fourth-order valence-corrected chi connectivity index (χ4v) is 3.18. The summed E-state index contributed by atoms with van der Waals surface area (Å²) in [6.45, 7) is 12.2. The molecule has 0 aliphatic carbocycles. The van der Waals surface area contributed by atoms with Crippen molar-refractivity contribution in [2.24, 2.45) is 10.8 Å². The minimum absolute atomic E-state index is 0.0396. The highest BCUT2D eigenvalue weighted by Gasteiger charge is 2.28. The number of carboxylic acid groups (broad SMARTS) is 2. The lowest BCUT2D eigenvalue weighted by molar-refractivity contribution is 0.0649. The zero-order chi connectivity index (χ0) is 18.2. The van der Waals surface area contributed by atoms with Gasteiger partial charge in [-0.25, -0.2) is 9.59 Å². The van der Waals surface area contributed by atoms with E-state index in [9.17, 15) is 19.8 Å². The van der Waals surface area contributed by atoms with Gasteiger partial charge < -0.3 is 10.2 Å². The maximum absolute atomic E-state index is 11.7. The van der Waals surface area contributed by atoms with Crippen LogP contribution in [0, 0.1) is 10.8 Å². The van der Waals surface area contributed by atoms with Crippen molar-refractivity contribution in [2.45, 2.75) is 54.4 Å². The Morgan fingerprint density at radius 3 is 1.78 bits per heavy atom. The highest BCUT2D eigenvalue weighted by Crippen LogP contribution is 2.36. The summed E-state index contributed by atoms with van der Waals surface area (Å²) in [5, 5.41) is 19.0. The van der Waals surface area contributed by atoms with Gasteiger partial charge in [-0.05, 0) is 40.9 Å². The number of aromatic carboxylic acids is 2. The minimum atomic E-state index is -1.21. The lowest BCUT2D eigenvalue weighted by Gasteiger charge is -2.25. The first kappa shape index (κ1) is 19.7. The van der Waals surface area contributed by atoms with Crippen molar-refractivity contribution in [1.82, 2.24) is 0 Å². The quantitative estimate of drug-likeness (QED) is 0.763. The Bertz CT molecular complexity index is 634. The molecule has 0 radical (unpaired) electrons. The van der Waals surface area contributed by atoms with Crippen molar-refractivity contribution in [3.05, 3.63) is 32.8 Å². The normalized spacial score (nSPS) is 12.3. The van der Waals surface area contributed by atoms with Gasteiger partial charge >= 0.3 is 11.9 Å². The van der Waals surface area contributed by atoms with Gasteiger partial charge in [-0.2, -0.15) is 0 Å². The van der Waals surface area contributed by atoms with Gasteiger partial charge in [0.2, 0.25) is 0 Å². The van der Waals surface area contributed by atoms with Crippen LogP contribution in [0.1, 0.15) is 73.4 Å². The molecule has 2 N–H and O–H groups in total. The number of carboxylic acids is 2. The molecule has 0 amide bonds. The van der Waals surface area contributed by atoms with E-state index in [1.54, 1.807) is 0 Å².